The van der Waals surface area contributed by atoms with E-state index in [1.165, 1.54) is 0 Å². The zero-order chi connectivity index (χ0) is 19.1. The van der Waals surface area contributed by atoms with Gasteiger partial charge in [0.25, 0.3) is 5.91 Å². The Kier molecular flexibility index (Phi) is 4.63. The third kappa shape index (κ3) is 3.79. The van der Waals surface area contributed by atoms with Crippen LogP contribution in [-0.2, 0) is 18.3 Å². The quantitative estimate of drug-likeness (QED) is 0.882. The third-order valence-corrected chi connectivity index (χ3v) is 4.90. The van der Waals surface area contributed by atoms with Gasteiger partial charge in [0.15, 0.2) is 0 Å². The predicted molar refractivity (Wildman–Crippen MR) is 101 cm³/mol. The molecular formula is C20H29N5O. The second kappa shape index (κ2) is 6.49. The smallest absolute Gasteiger partial charge is 0.272 e. The number of nitrogens with zero attached hydrogens (tertiary/aromatic N) is 3. The number of hydrogen-bond acceptors (Lipinski definition) is 4. The van der Waals surface area contributed by atoms with Gasteiger partial charge in [0, 0.05) is 28.6 Å². The molecule has 0 aromatic carbocycles. The molecule has 0 spiro atoms. The summed E-state index contributed by atoms with van der Waals surface area (Å²) in [5.41, 5.74) is 3.42. The molecule has 0 fully saturated rings. The standard InChI is InChI=1S/C20H29N5O/c1-7-12-8-14(25-24-12)17(26)22-15-9-20(5,6)10-16-13(15)11-21-18(23-16)19(2,3)4/h8,11,15H,7,9-10H2,1-6H3,(H,22,26)(H,24,25)/t15-/m0/s1. The molecule has 0 saturated carbocycles. The van der Waals surface area contributed by atoms with E-state index in [0.717, 1.165) is 42.0 Å². The van der Waals surface area contributed by atoms with Crippen LogP contribution in [0.25, 0.3) is 0 Å². The third-order valence-electron chi connectivity index (χ3n) is 4.90. The van der Waals surface area contributed by atoms with Crippen LogP contribution in [0.1, 0.15) is 87.3 Å². The summed E-state index contributed by atoms with van der Waals surface area (Å²) in [5, 5.41) is 10.2. The lowest BCUT2D eigenvalue weighted by Gasteiger charge is -2.37. The Morgan fingerprint density at radius 1 is 1.38 bits per heavy atom. The number of rotatable bonds is 3. The first-order chi connectivity index (χ1) is 12.1. The molecule has 0 radical (unpaired) electrons. The molecule has 0 saturated heterocycles. The first-order valence-corrected chi connectivity index (χ1v) is 9.30. The number of amides is 1. The van der Waals surface area contributed by atoms with Crippen molar-refractivity contribution in [3.05, 3.63) is 40.7 Å². The summed E-state index contributed by atoms with van der Waals surface area (Å²) in [4.78, 5) is 22.1. The number of fused-ring (bicyclic) bond motifs is 1. The van der Waals surface area contributed by atoms with Gasteiger partial charge in [-0.2, -0.15) is 5.10 Å². The van der Waals surface area contributed by atoms with Gasteiger partial charge in [0.1, 0.15) is 11.5 Å². The molecule has 1 atom stereocenters. The number of aromatic nitrogens is 4. The van der Waals surface area contributed by atoms with E-state index in [4.69, 9.17) is 4.98 Å². The summed E-state index contributed by atoms with van der Waals surface area (Å²) >= 11 is 0. The summed E-state index contributed by atoms with van der Waals surface area (Å²) in [5.74, 6) is 0.688. The summed E-state index contributed by atoms with van der Waals surface area (Å²) in [6, 6.07) is 1.71. The Morgan fingerprint density at radius 2 is 2.12 bits per heavy atom. The van der Waals surface area contributed by atoms with E-state index >= 15 is 0 Å². The molecule has 2 heterocycles. The Bertz CT molecular complexity index is 816. The predicted octanol–water partition coefficient (Wildman–Crippen LogP) is 3.50. The van der Waals surface area contributed by atoms with E-state index in [0.29, 0.717) is 5.69 Å². The average molecular weight is 355 g/mol. The molecule has 3 rings (SSSR count). The first kappa shape index (κ1) is 18.5. The van der Waals surface area contributed by atoms with Gasteiger partial charge in [-0.1, -0.05) is 41.5 Å². The van der Waals surface area contributed by atoms with Crippen LogP contribution < -0.4 is 5.32 Å². The molecule has 140 valence electrons. The van der Waals surface area contributed by atoms with Crippen molar-refractivity contribution in [3.63, 3.8) is 0 Å². The lowest BCUT2D eigenvalue weighted by atomic mass is 9.74. The average Bonchev–Trinajstić information content (AvgIpc) is 3.01. The fraction of sp³-hybridized carbons (Fsp3) is 0.600. The number of carbonyl (C=O) groups is 1. The van der Waals surface area contributed by atoms with Gasteiger partial charge in [-0.25, -0.2) is 9.97 Å². The number of H-pyrrole nitrogens is 1. The molecule has 6 heteroatoms. The van der Waals surface area contributed by atoms with Crippen molar-refractivity contribution in [3.8, 4) is 0 Å². The highest BCUT2D eigenvalue weighted by atomic mass is 16.2. The molecule has 1 aliphatic carbocycles. The second-order valence-electron chi connectivity index (χ2n) is 9.05. The van der Waals surface area contributed by atoms with Crippen LogP contribution in [0.4, 0.5) is 0 Å². The minimum absolute atomic E-state index is 0.0641. The molecule has 0 unspecified atom stereocenters. The second-order valence-corrected chi connectivity index (χ2v) is 9.05. The van der Waals surface area contributed by atoms with E-state index < -0.39 is 0 Å². The highest BCUT2D eigenvalue weighted by Gasteiger charge is 2.35. The fourth-order valence-corrected chi connectivity index (χ4v) is 3.43. The Hall–Kier alpha value is -2.24. The van der Waals surface area contributed by atoms with Crippen molar-refractivity contribution in [2.24, 2.45) is 5.41 Å². The van der Waals surface area contributed by atoms with Crippen molar-refractivity contribution in [1.29, 1.82) is 0 Å². The maximum Gasteiger partial charge on any atom is 0.272 e. The SMILES string of the molecule is CCc1cc(C(=O)N[C@H]2CC(C)(C)Cc3nc(C(C)(C)C)ncc32)n[nH]1. The normalized spacial score (nSPS) is 19.1. The number of carbonyl (C=O) groups excluding carboxylic acids is 1. The number of hydrogen-bond donors (Lipinski definition) is 2. The van der Waals surface area contributed by atoms with E-state index in [-0.39, 0.29) is 22.8 Å². The summed E-state index contributed by atoms with van der Waals surface area (Å²) in [7, 11) is 0. The Balaban J connectivity index is 1.89. The van der Waals surface area contributed by atoms with Crippen LogP contribution in [0.3, 0.4) is 0 Å². The first-order valence-electron chi connectivity index (χ1n) is 9.30. The molecule has 0 bridgehead atoms. The van der Waals surface area contributed by atoms with Crippen LogP contribution in [0, 0.1) is 5.41 Å². The van der Waals surface area contributed by atoms with Gasteiger partial charge in [-0.3, -0.25) is 9.89 Å². The number of nitrogens with one attached hydrogen (secondary N) is 2. The van der Waals surface area contributed by atoms with Crippen LogP contribution in [0.2, 0.25) is 0 Å². The topological polar surface area (TPSA) is 83.6 Å². The van der Waals surface area contributed by atoms with E-state index in [1.54, 1.807) is 0 Å². The fourth-order valence-electron chi connectivity index (χ4n) is 3.43. The monoisotopic (exact) mass is 355 g/mol. The van der Waals surface area contributed by atoms with Gasteiger partial charge in [-0.05, 0) is 30.7 Å². The molecule has 2 aromatic rings. The largest absolute Gasteiger partial charge is 0.344 e. The molecule has 2 N–H and O–H groups in total. The molecule has 26 heavy (non-hydrogen) atoms. The van der Waals surface area contributed by atoms with Crippen LogP contribution in [-0.4, -0.2) is 26.1 Å². The van der Waals surface area contributed by atoms with Crippen LogP contribution in [0.15, 0.2) is 12.3 Å². The Morgan fingerprint density at radius 3 is 2.73 bits per heavy atom. The van der Waals surface area contributed by atoms with Gasteiger partial charge >= 0.3 is 0 Å². The van der Waals surface area contributed by atoms with Gasteiger partial charge < -0.3 is 5.32 Å². The lowest BCUT2D eigenvalue weighted by molar-refractivity contribution is 0.0913. The minimum atomic E-state index is -0.158. The maximum atomic E-state index is 12.7. The zero-order valence-electron chi connectivity index (χ0n) is 16.6. The highest BCUT2D eigenvalue weighted by molar-refractivity contribution is 5.92. The van der Waals surface area contributed by atoms with Gasteiger partial charge in [-0.15, -0.1) is 0 Å². The molecule has 6 nitrogen and oxygen atoms in total. The van der Waals surface area contributed by atoms with Crippen molar-refractivity contribution < 1.29 is 4.79 Å². The van der Waals surface area contributed by atoms with Crippen molar-refractivity contribution in [2.75, 3.05) is 0 Å². The maximum absolute atomic E-state index is 12.7. The van der Waals surface area contributed by atoms with Crippen molar-refractivity contribution in [2.45, 2.75) is 72.3 Å². The molecular weight excluding hydrogens is 326 g/mol. The summed E-state index contributed by atoms with van der Waals surface area (Å²) in [6.07, 6.45) is 4.46. The lowest BCUT2D eigenvalue weighted by Crippen LogP contribution is -2.37. The molecule has 1 amide bonds. The zero-order valence-corrected chi connectivity index (χ0v) is 16.6. The van der Waals surface area contributed by atoms with Crippen LogP contribution >= 0.6 is 0 Å². The van der Waals surface area contributed by atoms with E-state index in [9.17, 15) is 4.79 Å². The van der Waals surface area contributed by atoms with Crippen molar-refractivity contribution in [1.82, 2.24) is 25.5 Å². The Labute approximate surface area is 155 Å². The van der Waals surface area contributed by atoms with Crippen LogP contribution in [0.5, 0.6) is 0 Å². The molecule has 0 aliphatic heterocycles. The van der Waals surface area contributed by atoms with E-state index in [1.807, 2.05) is 19.2 Å². The minimum Gasteiger partial charge on any atom is -0.344 e. The number of aryl methyl sites for hydroxylation is 1. The molecule has 1 aliphatic rings. The molecule has 2 aromatic heterocycles. The van der Waals surface area contributed by atoms with Gasteiger partial charge in [0.2, 0.25) is 0 Å². The number of aromatic amines is 1. The summed E-state index contributed by atoms with van der Waals surface area (Å²) < 4.78 is 0. The van der Waals surface area contributed by atoms with Crippen molar-refractivity contribution >= 4 is 5.91 Å². The van der Waals surface area contributed by atoms with Gasteiger partial charge in [0.05, 0.1) is 6.04 Å². The summed E-state index contributed by atoms with van der Waals surface area (Å²) in [6.45, 7) is 12.8. The highest BCUT2D eigenvalue weighted by Crippen LogP contribution is 2.40. The van der Waals surface area contributed by atoms with E-state index in [2.05, 4.69) is 55.1 Å².